The van der Waals surface area contributed by atoms with Crippen LogP contribution in [0.25, 0.3) is 16.9 Å². The lowest BCUT2D eigenvalue weighted by atomic mass is 10.1. The van der Waals surface area contributed by atoms with E-state index < -0.39 is 0 Å². The highest BCUT2D eigenvalue weighted by Gasteiger charge is 2.22. The number of carbonyl (C=O) groups excluding carboxylic acids is 1. The fraction of sp³-hybridized carbons (Fsp3) is 0.222. The highest BCUT2D eigenvalue weighted by Crippen LogP contribution is 2.26. The van der Waals surface area contributed by atoms with E-state index in [-0.39, 0.29) is 18.1 Å². The topological polar surface area (TPSA) is 118 Å². The zero-order valence-electron chi connectivity index (χ0n) is 21.8. The van der Waals surface area contributed by atoms with Gasteiger partial charge in [-0.3, -0.25) is 9.78 Å². The molecule has 0 bridgehead atoms. The first-order chi connectivity index (χ1) is 18.9. The monoisotopic (exact) mass is 591 g/mol. The minimum absolute atomic E-state index is 0.241. The molecule has 0 atom stereocenters. The lowest BCUT2D eigenvalue weighted by Crippen LogP contribution is -2.24. The number of halogens is 1. The Kier molecular flexibility index (Phi) is 7.46. The number of amides is 1. The highest BCUT2D eigenvalue weighted by atomic mass is 79.9. The minimum Gasteiger partial charge on any atom is -0.497 e. The van der Waals surface area contributed by atoms with Crippen LogP contribution in [0.3, 0.4) is 0 Å². The number of ether oxygens (including phenoxy) is 3. The van der Waals surface area contributed by atoms with Crippen LogP contribution in [0.1, 0.15) is 27.3 Å². The number of hydrogen-bond donors (Lipinski definition) is 1. The van der Waals surface area contributed by atoms with Gasteiger partial charge in [0.2, 0.25) is 0 Å². The van der Waals surface area contributed by atoms with E-state index in [1.807, 2.05) is 49.4 Å². The van der Waals surface area contributed by atoms with Crippen LogP contribution in [0.4, 0.5) is 0 Å². The van der Waals surface area contributed by atoms with Gasteiger partial charge in [-0.05, 0) is 58.7 Å². The summed E-state index contributed by atoms with van der Waals surface area (Å²) in [5.74, 6) is 2.02. The third-order valence-corrected chi connectivity index (χ3v) is 6.73. The molecule has 12 heteroatoms. The molecular weight excluding hydrogens is 566 g/mol. The van der Waals surface area contributed by atoms with Crippen molar-refractivity contribution in [3.05, 3.63) is 82.0 Å². The first-order valence-electron chi connectivity index (χ1n) is 12.0. The van der Waals surface area contributed by atoms with E-state index in [0.29, 0.717) is 39.6 Å². The van der Waals surface area contributed by atoms with E-state index in [0.717, 1.165) is 22.6 Å². The lowest BCUT2D eigenvalue weighted by Gasteiger charge is -2.11. The van der Waals surface area contributed by atoms with E-state index in [1.165, 1.54) is 4.68 Å². The number of pyridine rings is 1. The van der Waals surface area contributed by atoms with Crippen LogP contribution in [-0.2, 0) is 13.1 Å². The van der Waals surface area contributed by atoms with E-state index in [1.54, 1.807) is 38.3 Å². The first kappa shape index (κ1) is 26.2. The summed E-state index contributed by atoms with van der Waals surface area (Å²) in [5.41, 5.74) is 3.43. The summed E-state index contributed by atoms with van der Waals surface area (Å²) in [6.45, 7) is 2.58. The molecule has 0 radical (unpaired) electrons. The zero-order chi connectivity index (χ0) is 27.5. The number of nitrogens with zero attached hydrogens (tertiary/aromatic N) is 6. The number of rotatable bonds is 9. The van der Waals surface area contributed by atoms with Crippen molar-refractivity contribution >= 4 is 32.7 Å². The third kappa shape index (κ3) is 5.41. The molecule has 0 saturated heterocycles. The van der Waals surface area contributed by atoms with E-state index in [9.17, 15) is 4.79 Å². The summed E-state index contributed by atoms with van der Waals surface area (Å²) in [4.78, 5) is 22.3. The Morgan fingerprint density at radius 1 is 0.974 bits per heavy atom. The van der Waals surface area contributed by atoms with Gasteiger partial charge in [-0.2, -0.15) is 14.8 Å². The second-order valence-corrected chi connectivity index (χ2v) is 9.36. The van der Waals surface area contributed by atoms with Gasteiger partial charge in [0.15, 0.2) is 10.4 Å². The van der Waals surface area contributed by atoms with Gasteiger partial charge in [0, 0.05) is 29.3 Å². The molecule has 5 rings (SSSR count). The maximum atomic E-state index is 13.3. The van der Waals surface area contributed by atoms with Gasteiger partial charge in [-0.1, -0.05) is 12.1 Å². The van der Waals surface area contributed by atoms with E-state index >= 15 is 0 Å². The lowest BCUT2D eigenvalue weighted by molar-refractivity contribution is 0.0947. The first-order valence-corrected chi connectivity index (χ1v) is 12.8. The van der Waals surface area contributed by atoms with Crippen LogP contribution >= 0.6 is 15.9 Å². The summed E-state index contributed by atoms with van der Waals surface area (Å²) in [6, 6.07) is 15.0. The molecule has 5 aromatic rings. The fourth-order valence-corrected chi connectivity index (χ4v) is 4.47. The highest BCUT2D eigenvalue weighted by molar-refractivity contribution is 9.10. The van der Waals surface area contributed by atoms with Gasteiger partial charge in [0.25, 0.3) is 11.9 Å². The van der Waals surface area contributed by atoms with Crippen LogP contribution in [0.2, 0.25) is 0 Å². The molecule has 39 heavy (non-hydrogen) atoms. The van der Waals surface area contributed by atoms with Crippen molar-refractivity contribution in [2.75, 3.05) is 21.3 Å². The summed E-state index contributed by atoms with van der Waals surface area (Å²) in [6.07, 6.45) is 1.67. The minimum atomic E-state index is -0.348. The van der Waals surface area contributed by atoms with E-state index in [2.05, 4.69) is 41.4 Å². The largest absolute Gasteiger partial charge is 0.497 e. The predicted octanol–water partition coefficient (Wildman–Crippen LogP) is 4.09. The number of carbonyl (C=O) groups is 1. The van der Waals surface area contributed by atoms with Gasteiger partial charge in [0.05, 0.1) is 39.6 Å². The Balaban J connectivity index is 1.44. The molecule has 3 aromatic heterocycles. The van der Waals surface area contributed by atoms with Crippen LogP contribution in [0.5, 0.6) is 17.2 Å². The number of aryl methyl sites for hydroxylation is 1. The molecule has 0 aliphatic rings. The smallest absolute Gasteiger partial charge is 0.272 e. The average Bonchev–Trinajstić information content (AvgIpc) is 3.51. The fourth-order valence-electron chi connectivity index (χ4n) is 4.10. The van der Waals surface area contributed by atoms with Crippen molar-refractivity contribution in [3.63, 3.8) is 0 Å². The average molecular weight is 592 g/mol. The molecule has 2 aromatic carbocycles. The molecular formula is C27H26BrN7O4. The van der Waals surface area contributed by atoms with Gasteiger partial charge in [-0.25, -0.2) is 4.68 Å². The number of fused-ring (bicyclic) bond motifs is 1. The van der Waals surface area contributed by atoms with Gasteiger partial charge < -0.3 is 19.5 Å². The molecule has 0 spiro atoms. The Labute approximate surface area is 232 Å². The molecule has 3 heterocycles. The summed E-state index contributed by atoms with van der Waals surface area (Å²) >= 11 is 3.49. The number of aromatic nitrogens is 6. The molecule has 0 unspecified atom stereocenters. The maximum Gasteiger partial charge on any atom is 0.272 e. The van der Waals surface area contributed by atoms with Crippen LogP contribution < -0.4 is 19.5 Å². The normalized spacial score (nSPS) is 11.0. The van der Waals surface area contributed by atoms with Crippen molar-refractivity contribution < 1.29 is 19.0 Å². The molecule has 0 saturated carbocycles. The van der Waals surface area contributed by atoms with Gasteiger partial charge >= 0.3 is 0 Å². The molecule has 0 aliphatic carbocycles. The van der Waals surface area contributed by atoms with Crippen LogP contribution in [0.15, 0.2) is 59.5 Å². The molecule has 11 nitrogen and oxygen atoms in total. The summed E-state index contributed by atoms with van der Waals surface area (Å²) in [5, 5.41) is 12.8. The Morgan fingerprint density at radius 3 is 2.44 bits per heavy atom. The van der Waals surface area contributed by atoms with Crippen molar-refractivity contribution in [2.24, 2.45) is 0 Å². The van der Waals surface area contributed by atoms with Gasteiger partial charge in [-0.15, -0.1) is 5.10 Å². The maximum absolute atomic E-state index is 13.3. The molecule has 1 N–H and O–H groups in total. The molecule has 1 amide bonds. The predicted molar refractivity (Wildman–Crippen MR) is 148 cm³/mol. The molecule has 200 valence electrons. The second kappa shape index (κ2) is 11.1. The number of hydrogen-bond acceptors (Lipinski definition) is 8. The van der Waals surface area contributed by atoms with Crippen molar-refractivity contribution in [3.8, 4) is 23.2 Å². The summed E-state index contributed by atoms with van der Waals surface area (Å²) < 4.78 is 19.7. The SMILES string of the molecule is COc1ccc(Cn2nc(-n3nc(C(=O)NCc4ccc(OC)cc4OC)c4cc(C)ncc43)nc2Br)cc1. The van der Waals surface area contributed by atoms with Crippen molar-refractivity contribution in [1.82, 2.24) is 34.8 Å². The number of methoxy groups -OCH3 is 3. The number of benzene rings is 2. The number of nitrogens with one attached hydrogen (secondary N) is 1. The van der Waals surface area contributed by atoms with Crippen LogP contribution in [-0.4, -0.2) is 56.8 Å². The van der Waals surface area contributed by atoms with Crippen molar-refractivity contribution in [2.45, 2.75) is 20.0 Å². The molecule has 0 fully saturated rings. The standard InChI is InChI=1S/C27H26BrN7O4/c1-16-11-21-22(14-29-16)35(27-31-26(28)34(33-27)15-17-5-8-19(37-2)9-6-17)32-24(21)25(36)30-13-18-7-10-20(38-3)12-23(18)39-4/h5-12,14H,13,15H2,1-4H3,(H,30,36). The zero-order valence-corrected chi connectivity index (χ0v) is 23.4. The van der Waals surface area contributed by atoms with E-state index in [4.69, 9.17) is 14.2 Å². The Morgan fingerprint density at radius 2 is 1.72 bits per heavy atom. The quantitative estimate of drug-likeness (QED) is 0.272. The summed E-state index contributed by atoms with van der Waals surface area (Å²) in [7, 11) is 4.79. The Bertz CT molecular complexity index is 1650. The van der Waals surface area contributed by atoms with Crippen molar-refractivity contribution in [1.29, 1.82) is 0 Å². The molecule has 0 aliphatic heterocycles. The Hall–Kier alpha value is -4.45. The van der Waals surface area contributed by atoms with Gasteiger partial charge in [0.1, 0.15) is 17.2 Å². The second-order valence-electron chi connectivity index (χ2n) is 8.65. The van der Waals surface area contributed by atoms with Crippen LogP contribution in [0, 0.1) is 6.92 Å². The third-order valence-electron chi connectivity index (χ3n) is 6.15.